The maximum atomic E-state index is 14.2. The molecule has 0 bridgehead atoms. The Labute approximate surface area is 149 Å². The first kappa shape index (κ1) is 18.5. The molecule has 1 heterocycles. The zero-order valence-corrected chi connectivity index (χ0v) is 14.1. The summed E-state index contributed by atoms with van der Waals surface area (Å²) in [7, 11) is 0. The van der Waals surface area contributed by atoms with Crippen LogP contribution in [0.2, 0.25) is 5.15 Å². The van der Waals surface area contributed by atoms with Crippen molar-refractivity contribution in [1.29, 1.82) is 5.26 Å². The number of nitriles is 1. The van der Waals surface area contributed by atoms with Gasteiger partial charge in [-0.3, -0.25) is 0 Å². The Morgan fingerprint density at radius 2 is 2.12 bits per heavy atom. The predicted octanol–water partition coefficient (Wildman–Crippen LogP) is 3.43. The molecule has 0 saturated carbocycles. The Morgan fingerprint density at radius 3 is 2.72 bits per heavy atom. The lowest BCUT2D eigenvalue weighted by molar-refractivity contribution is 0.189. The zero-order chi connectivity index (χ0) is 18.4. The summed E-state index contributed by atoms with van der Waals surface area (Å²) < 4.78 is 14.2. The molecule has 130 valence electrons. The van der Waals surface area contributed by atoms with Gasteiger partial charge in [-0.05, 0) is 25.0 Å². The minimum atomic E-state index is -1.18. The van der Waals surface area contributed by atoms with Crippen LogP contribution in [0.15, 0.2) is 36.4 Å². The lowest BCUT2D eigenvalue weighted by Gasteiger charge is -2.26. The summed E-state index contributed by atoms with van der Waals surface area (Å²) in [4.78, 5) is 14.8. The summed E-state index contributed by atoms with van der Waals surface area (Å²) in [5.74, 6) is -0.870. The summed E-state index contributed by atoms with van der Waals surface area (Å²) in [6.07, 6.45) is -0.750. The van der Waals surface area contributed by atoms with Gasteiger partial charge in [0.15, 0.2) is 11.6 Å². The van der Waals surface area contributed by atoms with Gasteiger partial charge in [0.1, 0.15) is 11.2 Å². The third-order valence-electron chi connectivity index (χ3n) is 3.63. The third-order valence-corrected chi connectivity index (χ3v) is 3.91. The van der Waals surface area contributed by atoms with E-state index in [-0.39, 0.29) is 16.5 Å². The maximum Gasteiger partial charge on any atom is 0.404 e. The van der Waals surface area contributed by atoms with Gasteiger partial charge >= 0.3 is 6.09 Å². The van der Waals surface area contributed by atoms with E-state index in [4.69, 9.17) is 22.0 Å². The first-order valence-electron chi connectivity index (χ1n) is 7.46. The smallest absolute Gasteiger partial charge is 0.404 e. The molecule has 0 spiro atoms. The molecule has 0 aliphatic heterocycles. The van der Waals surface area contributed by atoms with Crippen LogP contribution in [0, 0.1) is 17.1 Å². The van der Waals surface area contributed by atoms with Crippen LogP contribution >= 0.6 is 11.6 Å². The van der Waals surface area contributed by atoms with Crippen molar-refractivity contribution in [3.8, 4) is 6.07 Å². The van der Waals surface area contributed by atoms with Gasteiger partial charge in [-0.15, -0.1) is 0 Å². The number of nitrogens with zero attached hydrogens (tertiary/aromatic N) is 2. The lowest BCUT2D eigenvalue weighted by Crippen LogP contribution is -2.45. The topological polar surface area (TPSA) is 98.0 Å². The Balaban J connectivity index is 2.28. The quantitative estimate of drug-likeness (QED) is 0.684. The number of carboxylic acid groups (broad SMARTS) is 1. The van der Waals surface area contributed by atoms with Gasteiger partial charge in [-0.25, -0.2) is 14.2 Å². The second kappa shape index (κ2) is 8.31. The summed E-state index contributed by atoms with van der Waals surface area (Å²) in [6.45, 7) is 1.66. The zero-order valence-electron chi connectivity index (χ0n) is 13.3. The SMILES string of the molecule is C[C@H](NC(=O)O)[C@H](Cc1ccccc1)Nc1nc(Cl)c(C#N)cc1F. The minimum Gasteiger partial charge on any atom is -0.465 e. The minimum absolute atomic E-state index is 0.0685. The molecule has 0 radical (unpaired) electrons. The highest BCUT2D eigenvalue weighted by atomic mass is 35.5. The maximum absolute atomic E-state index is 14.2. The fraction of sp³-hybridized carbons (Fsp3) is 0.235. The largest absolute Gasteiger partial charge is 0.465 e. The molecule has 0 aliphatic rings. The molecule has 6 nitrogen and oxygen atoms in total. The molecular weight excluding hydrogens is 347 g/mol. The van der Waals surface area contributed by atoms with Gasteiger partial charge in [-0.2, -0.15) is 5.26 Å². The van der Waals surface area contributed by atoms with E-state index in [0.717, 1.165) is 11.6 Å². The number of aromatic nitrogens is 1. The Hall–Kier alpha value is -2.85. The second-order valence-corrected chi connectivity index (χ2v) is 5.81. The second-order valence-electron chi connectivity index (χ2n) is 5.45. The number of rotatable bonds is 6. The van der Waals surface area contributed by atoms with Gasteiger partial charge in [0, 0.05) is 6.04 Å². The number of hydrogen-bond donors (Lipinski definition) is 3. The number of anilines is 1. The van der Waals surface area contributed by atoms with Crippen molar-refractivity contribution in [2.45, 2.75) is 25.4 Å². The molecule has 2 rings (SSSR count). The van der Waals surface area contributed by atoms with Crippen LogP contribution in [-0.4, -0.2) is 28.3 Å². The highest BCUT2D eigenvalue weighted by Crippen LogP contribution is 2.21. The van der Waals surface area contributed by atoms with Crippen molar-refractivity contribution in [2.75, 3.05) is 5.32 Å². The average molecular weight is 363 g/mol. The van der Waals surface area contributed by atoms with E-state index in [0.29, 0.717) is 6.42 Å². The van der Waals surface area contributed by atoms with E-state index < -0.39 is 24.0 Å². The Morgan fingerprint density at radius 1 is 1.44 bits per heavy atom. The van der Waals surface area contributed by atoms with E-state index in [1.807, 2.05) is 30.3 Å². The van der Waals surface area contributed by atoms with Gasteiger partial charge in [0.05, 0.1) is 11.6 Å². The van der Waals surface area contributed by atoms with Crippen LogP contribution in [0.25, 0.3) is 0 Å². The first-order valence-corrected chi connectivity index (χ1v) is 7.84. The van der Waals surface area contributed by atoms with E-state index in [9.17, 15) is 9.18 Å². The molecule has 2 atom stereocenters. The fourth-order valence-corrected chi connectivity index (χ4v) is 2.52. The van der Waals surface area contributed by atoms with Crippen molar-refractivity contribution in [3.63, 3.8) is 0 Å². The van der Waals surface area contributed by atoms with E-state index in [2.05, 4.69) is 15.6 Å². The number of amides is 1. The van der Waals surface area contributed by atoms with E-state index >= 15 is 0 Å². The molecule has 25 heavy (non-hydrogen) atoms. The third kappa shape index (κ3) is 5.06. The number of carbonyl (C=O) groups is 1. The fourth-order valence-electron chi connectivity index (χ4n) is 2.34. The number of nitrogens with one attached hydrogen (secondary N) is 2. The van der Waals surface area contributed by atoms with E-state index in [1.54, 1.807) is 13.0 Å². The van der Waals surface area contributed by atoms with Crippen LogP contribution in [0.5, 0.6) is 0 Å². The van der Waals surface area contributed by atoms with Gasteiger partial charge < -0.3 is 15.7 Å². The van der Waals surface area contributed by atoms with Crippen LogP contribution in [-0.2, 0) is 6.42 Å². The summed E-state index contributed by atoms with van der Waals surface area (Å²) >= 11 is 5.86. The van der Waals surface area contributed by atoms with Crippen molar-refractivity contribution in [3.05, 3.63) is 58.5 Å². The normalized spacial score (nSPS) is 12.7. The Kier molecular flexibility index (Phi) is 6.14. The summed E-state index contributed by atoms with van der Waals surface area (Å²) in [6, 6.07) is 11.1. The molecule has 8 heteroatoms. The van der Waals surface area contributed by atoms with Crippen molar-refractivity contribution in [2.24, 2.45) is 0 Å². The molecular formula is C17H16ClFN4O2. The molecule has 2 aromatic rings. The van der Waals surface area contributed by atoms with Gasteiger partial charge in [-0.1, -0.05) is 41.9 Å². The standard InChI is InChI=1S/C17H16ClFN4O2/c1-10(21-17(24)25)14(7-11-5-3-2-4-6-11)22-16-13(19)8-12(9-20)15(18)23-16/h2-6,8,10,14,21H,7H2,1H3,(H,22,23)(H,24,25)/t10-,14-/m0/s1. The molecule has 1 amide bonds. The molecule has 3 N–H and O–H groups in total. The lowest BCUT2D eigenvalue weighted by atomic mass is 10.0. The van der Waals surface area contributed by atoms with Gasteiger partial charge in [0.25, 0.3) is 0 Å². The van der Waals surface area contributed by atoms with E-state index in [1.165, 1.54) is 0 Å². The summed E-state index contributed by atoms with van der Waals surface area (Å²) in [5.41, 5.74) is 0.875. The first-order chi connectivity index (χ1) is 11.9. The molecule has 0 aliphatic carbocycles. The highest BCUT2D eigenvalue weighted by Gasteiger charge is 2.22. The number of benzene rings is 1. The number of halogens is 2. The van der Waals surface area contributed by atoms with Crippen LogP contribution < -0.4 is 10.6 Å². The molecule has 1 aromatic heterocycles. The van der Waals surface area contributed by atoms with Crippen LogP contribution in [0.3, 0.4) is 0 Å². The van der Waals surface area contributed by atoms with Crippen LogP contribution in [0.1, 0.15) is 18.1 Å². The van der Waals surface area contributed by atoms with Crippen LogP contribution in [0.4, 0.5) is 15.0 Å². The van der Waals surface area contributed by atoms with Crippen molar-refractivity contribution < 1.29 is 14.3 Å². The molecule has 0 fully saturated rings. The monoisotopic (exact) mass is 362 g/mol. The average Bonchev–Trinajstić information content (AvgIpc) is 2.57. The number of hydrogen-bond acceptors (Lipinski definition) is 4. The molecule has 1 aromatic carbocycles. The highest BCUT2D eigenvalue weighted by molar-refractivity contribution is 6.30. The van der Waals surface area contributed by atoms with Crippen molar-refractivity contribution in [1.82, 2.24) is 10.3 Å². The summed E-state index contributed by atoms with van der Waals surface area (Å²) in [5, 5.41) is 22.9. The Bertz CT molecular complexity index is 795. The van der Waals surface area contributed by atoms with Gasteiger partial charge in [0.2, 0.25) is 0 Å². The molecule has 0 saturated heterocycles. The molecule has 0 unspecified atom stereocenters. The van der Waals surface area contributed by atoms with Crippen molar-refractivity contribution >= 4 is 23.5 Å². The number of pyridine rings is 1. The predicted molar refractivity (Wildman–Crippen MR) is 92.1 cm³/mol.